The number of hydrogen-bond acceptors (Lipinski definition) is 7. The largest absolute Gasteiger partial charge is 0.505 e. The molecule has 2 aromatic rings. The van der Waals surface area contributed by atoms with Crippen molar-refractivity contribution in [3.05, 3.63) is 64.2 Å². The molecule has 2 aromatic carbocycles. The third kappa shape index (κ3) is 4.83. The minimum atomic E-state index is -0.834. The molecule has 2 atom stereocenters. The SMILES string of the molecule is CC1=C(C#N)C(=O)N(c2ccc(C)c(C)c2)C(=O)C1=NNc1cccc(C2CCCC(C(=O)O)C2)c1O. The Balaban J connectivity index is 1.68. The van der Waals surface area contributed by atoms with E-state index in [9.17, 15) is 29.9 Å². The van der Waals surface area contributed by atoms with Crippen LogP contribution in [0.25, 0.3) is 0 Å². The van der Waals surface area contributed by atoms with E-state index in [1.54, 1.807) is 36.4 Å². The first-order valence-corrected chi connectivity index (χ1v) is 12.1. The van der Waals surface area contributed by atoms with Gasteiger partial charge in [-0.15, -0.1) is 0 Å². The van der Waals surface area contributed by atoms with Crippen molar-refractivity contribution in [1.82, 2.24) is 0 Å². The number of rotatable bonds is 5. The molecule has 2 aliphatic rings. The second-order valence-corrected chi connectivity index (χ2v) is 9.54. The van der Waals surface area contributed by atoms with Crippen LogP contribution in [0.2, 0.25) is 0 Å². The molecule has 0 aromatic heterocycles. The number of anilines is 2. The molecule has 9 nitrogen and oxygen atoms in total. The first-order chi connectivity index (χ1) is 17.6. The number of para-hydroxylation sites is 1. The Morgan fingerprint density at radius 2 is 1.86 bits per heavy atom. The van der Waals surface area contributed by atoms with Gasteiger partial charge in [-0.2, -0.15) is 10.4 Å². The standard InChI is InChI=1S/C28H28N4O5/c1-15-10-11-20(12-16(15)2)32-26(34)22(14-29)17(3)24(27(32)35)31-30-23-9-5-8-21(25(23)33)18-6-4-7-19(13-18)28(36)37/h5,8-12,18-19,30,33H,4,6-7,13H2,1-3H3,(H,36,37). The number of carboxylic acids is 1. The topological polar surface area (TPSA) is 143 Å². The zero-order chi connectivity index (χ0) is 26.9. The number of aromatic hydroxyl groups is 1. The Bertz CT molecular complexity index is 1400. The highest BCUT2D eigenvalue weighted by molar-refractivity contribution is 6.57. The molecule has 1 heterocycles. The number of nitriles is 1. The third-order valence-corrected chi connectivity index (χ3v) is 7.23. The van der Waals surface area contributed by atoms with Crippen molar-refractivity contribution in [1.29, 1.82) is 5.26 Å². The average molecular weight is 501 g/mol. The number of nitrogens with zero attached hydrogens (tertiary/aromatic N) is 3. The minimum Gasteiger partial charge on any atom is -0.505 e. The fourth-order valence-corrected chi connectivity index (χ4v) is 4.91. The van der Waals surface area contributed by atoms with Crippen LogP contribution in [0.4, 0.5) is 11.4 Å². The van der Waals surface area contributed by atoms with Crippen LogP contribution in [0.5, 0.6) is 5.75 Å². The zero-order valence-electron chi connectivity index (χ0n) is 20.9. The fourth-order valence-electron chi connectivity index (χ4n) is 4.91. The maximum Gasteiger partial charge on any atom is 0.306 e. The lowest BCUT2D eigenvalue weighted by Gasteiger charge is -2.28. The third-order valence-electron chi connectivity index (χ3n) is 7.23. The molecule has 2 amide bonds. The van der Waals surface area contributed by atoms with Gasteiger partial charge in [-0.3, -0.25) is 19.8 Å². The van der Waals surface area contributed by atoms with Crippen LogP contribution >= 0.6 is 0 Å². The first-order valence-electron chi connectivity index (χ1n) is 12.1. The smallest absolute Gasteiger partial charge is 0.306 e. The zero-order valence-corrected chi connectivity index (χ0v) is 20.9. The summed E-state index contributed by atoms with van der Waals surface area (Å²) in [5, 5.41) is 34.2. The molecule has 0 radical (unpaired) electrons. The van der Waals surface area contributed by atoms with Crippen molar-refractivity contribution in [3.8, 4) is 11.8 Å². The van der Waals surface area contributed by atoms with Gasteiger partial charge in [-0.1, -0.05) is 24.6 Å². The monoisotopic (exact) mass is 500 g/mol. The van der Waals surface area contributed by atoms with Crippen LogP contribution in [0.3, 0.4) is 0 Å². The predicted molar refractivity (Wildman–Crippen MR) is 138 cm³/mol. The maximum atomic E-state index is 13.4. The summed E-state index contributed by atoms with van der Waals surface area (Å²) < 4.78 is 0. The van der Waals surface area contributed by atoms with E-state index >= 15 is 0 Å². The van der Waals surface area contributed by atoms with E-state index < -0.39 is 23.7 Å². The molecule has 4 rings (SSSR count). The van der Waals surface area contributed by atoms with E-state index in [1.165, 1.54) is 6.92 Å². The summed E-state index contributed by atoms with van der Waals surface area (Å²) in [5.41, 5.74) is 5.60. The molecule has 9 heteroatoms. The normalized spacial score (nSPS) is 21.2. The van der Waals surface area contributed by atoms with Crippen molar-refractivity contribution in [3.63, 3.8) is 0 Å². The van der Waals surface area contributed by atoms with Gasteiger partial charge in [0.15, 0.2) is 5.71 Å². The minimum absolute atomic E-state index is 0.0737. The predicted octanol–water partition coefficient (Wildman–Crippen LogP) is 4.55. The molecule has 1 fully saturated rings. The van der Waals surface area contributed by atoms with Gasteiger partial charge < -0.3 is 10.2 Å². The number of carboxylic acid groups (broad SMARTS) is 1. The van der Waals surface area contributed by atoms with Gasteiger partial charge in [-0.25, -0.2) is 4.90 Å². The van der Waals surface area contributed by atoms with E-state index in [-0.39, 0.29) is 34.2 Å². The molecular weight excluding hydrogens is 472 g/mol. The van der Waals surface area contributed by atoms with Gasteiger partial charge in [0.05, 0.1) is 17.3 Å². The number of benzene rings is 2. The van der Waals surface area contributed by atoms with Gasteiger partial charge >= 0.3 is 5.97 Å². The quantitative estimate of drug-likeness (QED) is 0.310. The van der Waals surface area contributed by atoms with Crippen LogP contribution in [0, 0.1) is 31.1 Å². The van der Waals surface area contributed by atoms with Crippen molar-refractivity contribution in [2.24, 2.45) is 11.0 Å². The highest BCUT2D eigenvalue weighted by Crippen LogP contribution is 2.42. The molecule has 190 valence electrons. The Morgan fingerprint density at radius 1 is 1.11 bits per heavy atom. The van der Waals surface area contributed by atoms with Crippen LogP contribution in [0.1, 0.15) is 55.2 Å². The number of aliphatic carboxylic acids is 1. The molecule has 0 spiro atoms. The number of carbonyl (C=O) groups is 3. The van der Waals surface area contributed by atoms with Gasteiger partial charge in [0, 0.05) is 5.57 Å². The lowest BCUT2D eigenvalue weighted by Crippen LogP contribution is -2.47. The molecular formula is C28H28N4O5. The van der Waals surface area contributed by atoms with E-state index in [0.717, 1.165) is 28.9 Å². The number of nitrogens with one attached hydrogen (secondary N) is 1. The highest BCUT2D eigenvalue weighted by atomic mass is 16.4. The van der Waals surface area contributed by atoms with Gasteiger partial charge in [0.1, 0.15) is 17.4 Å². The summed E-state index contributed by atoms with van der Waals surface area (Å²) in [6, 6.07) is 12.1. The Hall–Kier alpha value is -4.45. The van der Waals surface area contributed by atoms with Crippen molar-refractivity contribution in [2.45, 2.75) is 52.4 Å². The van der Waals surface area contributed by atoms with Gasteiger partial charge in [0.2, 0.25) is 0 Å². The summed E-state index contributed by atoms with van der Waals surface area (Å²) in [6.07, 6.45) is 2.55. The number of imide groups is 1. The van der Waals surface area contributed by atoms with E-state index in [2.05, 4.69) is 10.5 Å². The number of hydrogen-bond donors (Lipinski definition) is 3. The van der Waals surface area contributed by atoms with Crippen molar-refractivity contribution in [2.75, 3.05) is 10.3 Å². The number of phenolic OH excluding ortho intramolecular Hbond substituents is 1. The maximum absolute atomic E-state index is 13.4. The van der Waals surface area contributed by atoms with E-state index in [1.807, 2.05) is 19.9 Å². The lowest BCUT2D eigenvalue weighted by molar-refractivity contribution is -0.143. The second kappa shape index (κ2) is 10.3. The lowest BCUT2D eigenvalue weighted by atomic mass is 9.77. The number of amides is 2. The number of hydrazone groups is 1. The molecule has 1 aliphatic carbocycles. The summed E-state index contributed by atoms with van der Waals surface area (Å²) in [6.45, 7) is 5.26. The molecule has 0 saturated heterocycles. The summed E-state index contributed by atoms with van der Waals surface area (Å²) in [4.78, 5) is 38.8. The molecule has 0 bridgehead atoms. The van der Waals surface area contributed by atoms with Crippen LogP contribution in [0.15, 0.2) is 52.6 Å². The first kappa shape index (κ1) is 25.6. The highest BCUT2D eigenvalue weighted by Gasteiger charge is 2.38. The molecule has 1 aliphatic heterocycles. The van der Waals surface area contributed by atoms with Crippen molar-refractivity contribution >= 4 is 34.9 Å². The Kier molecular flexibility index (Phi) is 7.11. The van der Waals surface area contributed by atoms with Crippen LogP contribution < -0.4 is 10.3 Å². The van der Waals surface area contributed by atoms with E-state index in [4.69, 9.17) is 0 Å². The number of carbonyl (C=O) groups excluding carboxylic acids is 2. The van der Waals surface area contributed by atoms with E-state index in [0.29, 0.717) is 24.1 Å². The van der Waals surface area contributed by atoms with Gasteiger partial charge in [-0.05, 0) is 80.8 Å². The fraction of sp³-hybridized carbons (Fsp3) is 0.321. The Labute approximate surface area is 214 Å². The summed E-state index contributed by atoms with van der Waals surface area (Å²) >= 11 is 0. The summed E-state index contributed by atoms with van der Waals surface area (Å²) in [7, 11) is 0. The van der Waals surface area contributed by atoms with Gasteiger partial charge in [0.25, 0.3) is 11.8 Å². The molecule has 1 saturated carbocycles. The molecule has 2 unspecified atom stereocenters. The number of phenols is 1. The second-order valence-electron chi connectivity index (χ2n) is 9.54. The summed E-state index contributed by atoms with van der Waals surface area (Å²) in [5.74, 6) is -2.90. The Morgan fingerprint density at radius 3 is 2.54 bits per heavy atom. The molecule has 37 heavy (non-hydrogen) atoms. The average Bonchev–Trinajstić information content (AvgIpc) is 2.87. The van der Waals surface area contributed by atoms with Crippen molar-refractivity contribution < 1.29 is 24.6 Å². The molecule has 3 N–H and O–H groups in total. The number of aryl methyl sites for hydroxylation is 2. The van der Waals surface area contributed by atoms with Crippen LogP contribution in [-0.2, 0) is 14.4 Å². The van der Waals surface area contributed by atoms with Crippen LogP contribution in [-0.4, -0.2) is 33.7 Å².